The lowest BCUT2D eigenvalue weighted by molar-refractivity contribution is -0.110. The van der Waals surface area contributed by atoms with Gasteiger partial charge in [-0.3, -0.25) is 0 Å². The molecule has 23 heavy (non-hydrogen) atoms. The van der Waals surface area contributed by atoms with Gasteiger partial charge in [0, 0.05) is 5.41 Å². The van der Waals surface area contributed by atoms with Crippen molar-refractivity contribution in [1.29, 1.82) is 0 Å². The summed E-state index contributed by atoms with van der Waals surface area (Å²) < 4.78 is 0. The van der Waals surface area contributed by atoms with Crippen molar-refractivity contribution in [3.63, 3.8) is 0 Å². The monoisotopic (exact) mass is 322 g/mol. The number of fused-ring (bicyclic) bond motifs is 5. The van der Waals surface area contributed by atoms with Gasteiger partial charge in [-0.1, -0.05) is 18.6 Å². The molecule has 3 saturated carbocycles. The third-order valence-electron chi connectivity index (χ3n) is 8.11. The maximum Gasteiger partial charge on any atom is 0.0983 e. The summed E-state index contributed by atoms with van der Waals surface area (Å²) in [5, 5.41) is 41.0. The zero-order valence-corrected chi connectivity index (χ0v) is 14.0. The van der Waals surface area contributed by atoms with Gasteiger partial charge in [0.05, 0.1) is 24.9 Å². The van der Waals surface area contributed by atoms with Crippen molar-refractivity contribution < 1.29 is 20.4 Å². The molecule has 0 saturated heterocycles. The second kappa shape index (κ2) is 5.29. The second-order valence-corrected chi connectivity index (χ2v) is 8.82. The Labute approximate surface area is 138 Å². The number of aliphatic hydroxyl groups excluding tert-OH is 4. The van der Waals surface area contributed by atoms with Crippen LogP contribution in [0.2, 0.25) is 0 Å². The van der Waals surface area contributed by atoms with Crippen LogP contribution in [0.1, 0.15) is 51.9 Å². The molecule has 0 bridgehead atoms. The molecule has 0 amide bonds. The summed E-state index contributed by atoms with van der Waals surface area (Å²) in [5.41, 5.74) is 0.851. The van der Waals surface area contributed by atoms with Gasteiger partial charge in [0.15, 0.2) is 0 Å². The van der Waals surface area contributed by atoms with Crippen LogP contribution in [0.5, 0.6) is 0 Å². The second-order valence-electron chi connectivity index (χ2n) is 8.82. The van der Waals surface area contributed by atoms with E-state index in [9.17, 15) is 20.4 Å². The normalized spacial score (nSPS) is 55.6. The number of hydrogen-bond donors (Lipinski definition) is 4. The maximum absolute atomic E-state index is 10.5. The first-order valence-corrected chi connectivity index (χ1v) is 9.28. The van der Waals surface area contributed by atoms with Crippen LogP contribution in [0.3, 0.4) is 0 Å². The first-order valence-electron chi connectivity index (χ1n) is 9.28. The summed E-state index contributed by atoms with van der Waals surface area (Å²) in [6.45, 7) is 2.32. The van der Waals surface area contributed by atoms with E-state index in [1.807, 2.05) is 6.08 Å². The third-order valence-corrected chi connectivity index (χ3v) is 8.11. The maximum atomic E-state index is 10.5. The minimum absolute atomic E-state index is 0.0336. The van der Waals surface area contributed by atoms with E-state index in [1.165, 1.54) is 5.57 Å². The van der Waals surface area contributed by atoms with Crippen LogP contribution in [0, 0.1) is 28.6 Å². The molecule has 3 unspecified atom stereocenters. The number of rotatable bonds is 1. The highest BCUT2D eigenvalue weighted by molar-refractivity contribution is 5.28. The summed E-state index contributed by atoms with van der Waals surface area (Å²) in [4.78, 5) is 0. The summed E-state index contributed by atoms with van der Waals surface area (Å²) in [7, 11) is 0. The summed E-state index contributed by atoms with van der Waals surface area (Å²) in [6.07, 6.45) is 6.56. The molecule has 0 aromatic carbocycles. The van der Waals surface area contributed by atoms with Crippen molar-refractivity contribution in [2.24, 2.45) is 28.6 Å². The zero-order chi connectivity index (χ0) is 16.4. The Kier molecular flexibility index (Phi) is 3.69. The smallest absolute Gasteiger partial charge is 0.0983 e. The van der Waals surface area contributed by atoms with E-state index in [-0.39, 0.29) is 23.5 Å². The van der Waals surface area contributed by atoms with E-state index in [1.54, 1.807) is 0 Å². The quantitative estimate of drug-likeness (QED) is 0.553. The lowest BCUT2D eigenvalue weighted by Crippen LogP contribution is -2.55. The van der Waals surface area contributed by atoms with E-state index in [2.05, 4.69) is 6.92 Å². The SMILES string of the molecule is C[C@]12CC[C@@H]3[C@@H](CCC4=CC(O)C(O)C[C@@]43CO)[C@@H]1CCC2O. The Morgan fingerprint density at radius 3 is 2.61 bits per heavy atom. The van der Waals surface area contributed by atoms with Gasteiger partial charge in [0.25, 0.3) is 0 Å². The van der Waals surface area contributed by atoms with Gasteiger partial charge in [-0.15, -0.1) is 0 Å². The fraction of sp³-hybridized carbons (Fsp3) is 0.895. The van der Waals surface area contributed by atoms with Crippen LogP contribution < -0.4 is 0 Å². The van der Waals surface area contributed by atoms with Crippen molar-refractivity contribution in [2.75, 3.05) is 6.61 Å². The molecule has 4 aliphatic rings. The minimum Gasteiger partial charge on any atom is -0.395 e. The topological polar surface area (TPSA) is 80.9 Å². The highest BCUT2D eigenvalue weighted by atomic mass is 16.3. The van der Waals surface area contributed by atoms with Crippen LogP contribution in [0.25, 0.3) is 0 Å². The van der Waals surface area contributed by atoms with Crippen molar-refractivity contribution in [3.05, 3.63) is 11.6 Å². The Balaban J connectivity index is 1.71. The molecule has 0 aromatic heterocycles. The van der Waals surface area contributed by atoms with Crippen LogP contribution in [0.4, 0.5) is 0 Å². The van der Waals surface area contributed by atoms with Crippen LogP contribution in [-0.2, 0) is 0 Å². The fourth-order valence-electron chi connectivity index (χ4n) is 6.78. The Morgan fingerprint density at radius 2 is 1.87 bits per heavy atom. The molecule has 4 heteroatoms. The van der Waals surface area contributed by atoms with Crippen molar-refractivity contribution in [1.82, 2.24) is 0 Å². The lowest BCUT2D eigenvalue weighted by Gasteiger charge is -2.59. The molecule has 4 rings (SSSR count). The first kappa shape index (κ1) is 16.1. The van der Waals surface area contributed by atoms with E-state index >= 15 is 0 Å². The van der Waals surface area contributed by atoms with Gasteiger partial charge < -0.3 is 20.4 Å². The lowest BCUT2D eigenvalue weighted by atomic mass is 9.46. The predicted octanol–water partition coefficient (Wildman–Crippen LogP) is 1.61. The van der Waals surface area contributed by atoms with Crippen LogP contribution in [-0.4, -0.2) is 45.3 Å². The molecule has 4 N–H and O–H groups in total. The molecule has 0 heterocycles. The largest absolute Gasteiger partial charge is 0.395 e. The highest BCUT2D eigenvalue weighted by Crippen LogP contribution is 2.65. The molecular formula is C19H30O4. The fourth-order valence-corrected chi connectivity index (χ4v) is 6.78. The predicted molar refractivity (Wildman–Crippen MR) is 86.5 cm³/mol. The van der Waals surface area contributed by atoms with E-state index in [0.29, 0.717) is 24.2 Å². The van der Waals surface area contributed by atoms with E-state index in [0.717, 1.165) is 38.5 Å². The van der Waals surface area contributed by atoms with Crippen molar-refractivity contribution >= 4 is 0 Å². The van der Waals surface area contributed by atoms with Gasteiger partial charge in [-0.2, -0.15) is 0 Å². The summed E-state index contributed by atoms with van der Waals surface area (Å²) >= 11 is 0. The summed E-state index contributed by atoms with van der Waals surface area (Å²) in [5.74, 6) is 1.43. The van der Waals surface area contributed by atoms with Gasteiger partial charge in [-0.05, 0) is 68.1 Å². The molecule has 8 atom stereocenters. The summed E-state index contributed by atoms with van der Waals surface area (Å²) in [6, 6.07) is 0. The molecule has 3 fully saturated rings. The van der Waals surface area contributed by atoms with E-state index in [4.69, 9.17) is 0 Å². The van der Waals surface area contributed by atoms with Crippen LogP contribution in [0.15, 0.2) is 11.6 Å². The standard InChI is InChI=1S/C19H30O4/c1-18-7-6-14-12(13(18)4-5-17(18)23)3-2-11-8-15(21)16(22)9-19(11,14)10-20/h8,12-17,20-23H,2-7,9-10H2,1H3/t12-,13-,14+,15?,16?,17?,18-,19+/m0/s1. The first-order chi connectivity index (χ1) is 10.9. The van der Waals surface area contributed by atoms with Crippen LogP contribution >= 0.6 is 0 Å². The number of hydrogen-bond acceptors (Lipinski definition) is 4. The zero-order valence-electron chi connectivity index (χ0n) is 14.0. The minimum atomic E-state index is -0.789. The Hall–Kier alpha value is -0.420. The molecule has 0 aliphatic heterocycles. The molecule has 0 spiro atoms. The molecule has 130 valence electrons. The van der Waals surface area contributed by atoms with Gasteiger partial charge in [0.1, 0.15) is 0 Å². The molecule has 4 nitrogen and oxygen atoms in total. The third kappa shape index (κ3) is 2.05. The molecular weight excluding hydrogens is 292 g/mol. The number of aliphatic hydroxyl groups is 4. The van der Waals surface area contributed by atoms with Gasteiger partial charge >= 0.3 is 0 Å². The van der Waals surface area contributed by atoms with Crippen molar-refractivity contribution in [2.45, 2.75) is 70.2 Å². The van der Waals surface area contributed by atoms with Gasteiger partial charge in [0.2, 0.25) is 0 Å². The average Bonchev–Trinajstić information content (AvgIpc) is 2.84. The Morgan fingerprint density at radius 1 is 1.09 bits per heavy atom. The van der Waals surface area contributed by atoms with E-state index < -0.39 is 12.2 Å². The van der Waals surface area contributed by atoms with Crippen molar-refractivity contribution in [3.8, 4) is 0 Å². The molecule has 0 radical (unpaired) electrons. The molecule has 0 aromatic rings. The van der Waals surface area contributed by atoms with Gasteiger partial charge in [-0.25, -0.2) is 0 Å². The Bertz CT molecular complexity index is 517. The molecule has 4 aliphatic carbocycles. The average molecular weight is 322 g/mol. The highest BCUT2D eigenvalue weighted by Gasteiger charge is 2.60.